The lowest BCUT2D eigenvalue weighted by Gasteiger charge is -2.42. The third-order valence-electron chi connectivity index (χ3n) is 9.42. The summed E-state index contributed by atoms with van der Waals surface area (Å²) in [5.74, 6) is 0.371. The van der Waals surface area contributed by atoms with Crippen molar-refractivity contribution in [3.63, 3.8) is 0 Å². The normalized spacial score (nSPS) is 12.9. The number of fused-ring (bicyclic) bond motifs is 1. The maximum Gasteiger partial charge on any atom is 0.340 e. The fourth-order valence-electron chi connectivity index (χ4n) is 7.03. The van der Waals surface area contributed by atoms with Gasteiger partial charge in [0.25, 0.3) is 0 Å². The molecule has 0 saturated heterocycles. The Morgan fingerprint density at radius 1 is 0.692 bits per heavy atom. The van der Waals surface area contributed by atoms with E-state index >= 15 is 0 Å². The molecular weight excluding hydrogens is 647 g/mol. The summed E-state index contributed by atoms with van der Waals surface area (Å²) in [7, 11) is 0. The van der Waals surface area contributed by atoms with Gasteiger partial charge in [-0.15, -0.1) is 5.10 Å². The van der Waals surface area contributed by atoms with Crippen LogP contribution in [0.1, 0.15) is 45.2 Å². The van der Waals surface area contributed by atoms with Gasteiger partial charge >= 0.3 is 5.97 Å². The van der Waals surface area contributed by atoms with Crippen LogP contribution in [0, 0.1) is 0 Å². The van der Waals surface area contributed by atoms with Crippen LogP contribution in [-0.2, 0) is 12.0 Å². The minimum atomic E-state index is -1.06. The van der Waals surface area contributed by atoms with Crippen LogP contribution in [0.2, 0.25) is 0 Å². The molecule has 52 heavy (non-hydrogen) atoms. The highest BCUT2D eigenvalue weighted by Gasteiger charge is 2.45. The maximum absolute atomic E-state index is 12.5. The number of carboxylic acids is 1. The van der Waals surface area contributed by atoms with E-state index in [1.54, 1.807) is 12.1 Å². The third kappa shape index (κ3) is 5.71. The topological polar surface area (TPSA) is 99.1 Å². The second-order valence-corrected chi connectivity index (χ2v) is 12.4. The van der Waals surface area contributed by atoms with E-state index in [4.69, 9.17) is 14.8 Å². The van der Waals surface area contributed by atoms with Crippen LogP contribution in [0.15, 0.2) is 169 Å². The highest BCUT2D eigenvalue weighted by molar-refractivity contribution is 6.06. The lowest BCUT2D eigenvalue weighted by Crippen LogP contribution is -2.57. The number of aromatic nitrogens is 1. The summed E-state index contributed by atoms with van der Waals surface area (Å²) in [4.78, 5) is 17.2. The van der Waals surface area contributed by atoms with Crippen LogP contribution in [0.5, 0.6) is 11.5 Å². The first-order valence-corrected chi connectivity index (χ1v) is 17.2. The zero-order valence-electron chi connectivity index (χ0n) is 28.4. The van der Waals surface area contributed by atoms with Crippen molar-refractivity contribution < 1.29 is 14.6 Å². The number of carbonyl (C=O) groups is 1. The van der Waals surface area contributed by atoms with Gasteiger partial charge in [0.05, 0.1) is 11.2 Å². The minimum Gasteiger partial charge on any atom is -0.478 e. The molecular formula is C44H35N5O3. The van der Waals surface area contributed by atoms with Crippen molar-refractivity contribution in [3.8, 4) is 22.6 Å². The van der Waals surface area contributed by atoms with Gasteiger partial charge in [-0.3, -0.25) is 5.43 Å². The molecule has 6 aromatic carbocycles. The monoisotopic (exact) mass is 681 g/mol. The standard InChI is InChI=1S/C44H35N5O3/c1-2-38-41(40(43(50)51)37-24-14-15-25-39(37)45-38)52-34-28-26-30(27-29-34)35-22-12-13-23-36(35)42-46-48-49(47-42)44(31-16-6-3-7-17-31,32-18-8-4-9-19-32)33-20-10-5-11-21-33/h3-29,48H,2H2,1H3,(H,46,47)(H,50,51). The molecule has 0 aliphatic carbocycles. The van der Waals surface area contributed by atoms with Gasteiger partial charge < -0.3 is 9.84 Å². The average molecular weight is 682 g/mol. The van der Waals surface area contributed by atoms with Gasteiger partial charge in [0.2, 0.25) is 0 Å². The molecule has 8 nitrogen and oxygen atoms in total. The number of ether oxygens (including phenoxy) is 1. The molecule has 8 heteroatoms. The number of amidine groups is 1. The summed E-state index contributed by atoms with van der Waals surface area (Å²) in [6.07, 6.45) is 0.520. The smallest absolute Gasteiger partial charge is 0.340 e. The fraction of sp³-hybridized carbons (Fsp3) is 0.0682. The zero-order chi connectivity index (χ0) is 35.5. The molecule has 3 N–H and O–H groups in total. The number of aryl methyl sites for hydroxylation is 1. The molecule has 0 atom stereocenters. The second kappa shape index (κ2) is 13.9. The Morgan fingerprint density at radius 3 is 1.81 bits per heavy atom. The number of hydrogen-bond acceptors (Lipinski definition) is 7. The van der Waals surface area contributed by atoms with Crippen LogP contribution in [0.3, 0.4) is 0 Å². The number of benzene rings is 6. The van der Waals surface area contributed by atoms with Crippen LogP contribution in [0.25, 0.3) is 22.0 Å². The summed E-state index contributed by atoms with van der Waals surface area (Å²) >= 11 is 0. The Hall–Kier alpha value is -6.77. The molecule has 0 bridgehead atoms. The summed E-state index contributed by atoms with van der Waals surface area (Å²) < 4.78 is 6.30. The molecule has 0 unspecified atom stereocenters. The van der Waals surface area contributed by atoms with Gasteiger partial charge in [-0.1, -0.05) is 158 Å². The Morgan fingerprint density at radius 2 is 1.23 bits per heavy atom. The zero-order valence-corrected chi connectivity index (χ0v) is 28.4. The number of nitrogens with one attached hydrogen (secondary N) is 2. The number of hydrogen-bond donors (Lipinski definition) is 3. The molecule has 1 aliphatic heterocycles. The first kappa shape index (κ1) is 32.4. The Labute approximate surface area is 301 Å². The van der Waals surface area contributed by atoms with Crippen molar-refractivity contribution in [2.75, 3.05) is 0 Å². The highest BCUT2D eigenvalue weighted by atomic mass is 16.5. The van der Waals surface area contributed by atoms with Crippen molar-refractivity contribution in [1.82, 2.24) is 21.1 Å². The van der Waals surface area contributed by atoms with Gasteiger partial charge in [0.15, 0.2) is 11.6 Å². The number of carboxylic acid groups (broad SMARTS) is 1. The Bertz CT molecular complexity index is 2300. The highest BCUT2D eigenvalue weighted by Crippen LogP contribution is 2.42. The number of nitrogens with zero attached hydrogens (tertiary/aromatic N) is 3. The molecule has 8 rings (SSSR count). The number of rotatable bonds is 10. The van der Waals surface area contributed by atoms with Crippen LogP contribution in [0.4, 0.5) is 0 Å². The molecule has 0 saturated carbocycles. The van der Waals surface area contributed by atoms with Crippen molar-refractivity contribution in [1.29, 1.82) is 0 Å². The molecule has 0 radical (unpaired) electrons. The molecule has 0 amide bonds. The van der Waals surface area contributed by atoms with Gasteiger partial charge in [-0.25, -0.2) is 15.3 Å². The van der Waals surface area contributed by atoms with E-state index < -0.39 is 11.5 Å². The van der Waals surface area contributed by atoms with Gasteiger partial charge in [0.1, 0.15) is 16.9 Å². The summed E-state index contributed by atoms with van der Waals surface area (Å²) in [5.41, 5.74) is 13.5. The van der Waals surface area contributed by atoms with E-state index in [0.717, 1.165) is 33.4 Å². The lowest BCUT2D eigenvalue weighted by molar-refractivity contribution is 0.0696. The van der Waals surface area contributed by atoms with Crippen molar-refractivity contribution >= 4 is 22.7 Å². The fourth-order valence-corrected chi connectivity index (χ4v) is 7.03. The predicted molar refractivity (Wildman–Crippen MR) is 204 cm³/mol. The second-order valence-electron chi connectivity index (χ2n) is 12.4. The van der Waals surface area contributed by atoms with E-state index in [2.05, 4.69) is 89.8 Å². The summed E-state index contributed by atoms with van der Waals surface area (Å²) in [6.45, 7) is 1.94. The van der Waals surface area contributed by atoms with Crippen molar-refractivity contribution in [2.24, 2.45) is 5.10 Å². The van der Waals surface area contributed by atoms with E-state index in [1.165, 1.54) is 0 Å². The van der Waals surface area contributed by atoms with Crippen LogP contribution < -0.4 is 15.7 Å². The molecule has 7 aromatic rings. The number of aromatic carboxylic acids is 1. The number of para-hydroxylation sites is 1. The predicted octanol–water partition coefficient (Wildman–Crippen LogP) is 8.93. The van der Waals surface area contributed by atoms with Gasteiger partial charge in [0, 0.05) is 10.9 Å². The molecule has 0 fully saturated rings. The van der Waals surface area contributed by atoms with Crippen molar-refractivity contribution in [2.45, 2.75) is 18.9 Å². The molecule has 1 aliphatic rings. The molecule has 2 heterocycles. The summed E-state index contributed by atoms with van der Waals surface area (Å²) in [5, 5.41) is 17.6. The first-order chi connectivity index (χ1) is 25.6. The molecule has 1 aromatic heterocycles. The Balaban J connectivity index is 1.14. The van der Waals surface area contributed by atoms with E-state index in [9.17, 15) is 9.90 Å². The van der Waals surface area contributed by atoms with Crippen LogP contribution in [-0.4, -0.2) is 27.0 Å². The molecule has 254 valence electrons. The average Bonchev–Trinajstić information content (AvgIpc) is 3.70. The number of pyridine rings is 1. The van der Waals surface area contributed by atoms with Gasteiger partial charge in [-0.05, 0) is 52.4 Å². The van der Waals surface area contributed by atoms with Crippen molar-refractivity contribution in [3.05, 3.63) is 197 Å². The first-order valence-electron chi connectivity index (χ1n) is 17.2. The maximum atomic E-state index is 12.5. The number of hydrazine groups is 2. The summed E-state index contributed by atoms with van der Waals surface area (Å²) in [6, 6.07) is 54.2. The van der Waals surface area contributed by atoms with E-state index in [1.807, 2.05) is 84.8 Å². The van der Waals surface area contributed by atoms with Crippen LogP contribution >= 0.6 is 0 Å². The quantitative estimate of drug-likeness (QED) is 0.124. The molecule has 0 spiro atoms. The Kier molecular flexibility index (Phi) is 8.64. The minimum absolute atomic E-state index is 0.108. The lowest BCUT2D eigenvalue weighted by atomic mass is 9.77. The SMILES string of the molecule is CCc1nc2ccccc2c(C(=O)O)c1Oc1ccc(-c2ccccc2C2=NNN(C(c3ccccc3)(c3ccccc3)c3ccccc3)N2)cc1. The largest absolute Gasteiger partial charge is 0.478 e. The third-order valence-corrected chi connectivity index (χ3v) is 9.42. The van der Waals surface area contributed by atoms with E-state index in [-0.39, 0.29) is 11.3 Å². The number of hydrazone groups is 1. The van der Waals surface area contributed by atoms with E-state index in [0.29, 0.717) is 34.6 Å². The van der Waals surface area contributed by atoms with Gasteiger partial charge in [-0.2, -0.15) is 0 Å².